The van der Waals surface area contributed by atoms with Crippen molar-refractivity contribution in [1.82, 2.24) is 4.90 Å². The molecule has 76 valence electrons. The van der Waals surface area contributed by atoms with Gasteiger partial charge in [-0.1, -0.05) is 27.7 Å². The van der Waals surface area contributed by atoms with Gasteiger partial charge in [-0.05, 0) is 12.3 Å². The Kier molecular flexibility index (Phi) is 3.76. The van der Waals surface area contributed by atoms with Crippen molar-refractivity contribution in [3.8, 4) is 0 Å². The normalized spacial score (nSPS) is 18.3. The fourth-order valence-corrected chi connectivity index (χ4v) is 1.84. The lowest BCUT2D eigenvalue weighted by Gasteiger charge is -2.32. The van der Waals surface area contributed by atoms with Crippen molar-refractivity contribution in [1.29, 1.82) is 0 Å². The molecule has 0 N–H and O–H groups in total. The van der Waals surface area contributed by atoms with Crippen molar-refractivity contribution in [2.75, 3.05) is 19.6 Å². The van der Waals surface area contributed by atoms with E-state index in [1.807, 2.05) is 0 Å². The van der Waals surface area contributed by atoms with E-state index in [2.05, 4.69) is 37.6 Å². The van der Waals surface area contributed by atoms with E-state index < -0.39 is 0 Å². The molecule has 0 aromatic heterocycles. The first kappa shape index (κ1) is 10.6. The van der Waals surface area contributed by atoms with E-state index in [9.17, 15) is 0 Å². The largest absolute Gasteiger partial charge is 0.360 e. The maximum absolute atomic E-state index is 4.61. The standard InChI is InChI=1S/C11H22N2/c1-9(2)8-13-7-5-6-12-11(13)10(3)4/h9-10H,5-8H2,1-4H3. The fraction of sp³-hybridized carbons (Fsp3) is 0.909. The van der Waals surface area contributed by atoms with Crippen LogP contribution in [0.4, 0.5) is 0 Å². The average Bonchev–Trinajstić information content (AvgIpc) is 2.03. The highest BCUT2D eigenvalue weighted by Crippen LogP contribution is 2.12. The van der Waals surface area contributed by atoms with Gasteiger partial charge in [0.15, 0.2) is 0 Å². The van der Waals surface area contributed by atoms with Crippen molar-refractivity contribution >= 4 is 5.84 Å². The van der Waals surface area contributed by atoms with Gasteiger partial charge in [-0.25, -0.2) is 0 Å². The van der Waals surface area contributed by atoms with Crippen molar-refractivity contribution in [3.05, 3.63) is 0 Å². The average molecular weight is 182 g/mol. The Labute approximate surface area is 82.0 Å². The van der Waals surface area contributed by atoms with E-state index in [0.29, 0.717) is 5.92 Å². The molecule has 1 aliphatic heterocycles. The molecule has 0 spiro atoms. The van der Waals surface area contributed by atoms with Crippen LogP contribution < -0.4 is 0 Å². The second-order valence-corrected chi connectivity index (χ2v) is 4.59. The van der Waals surface area contributed by atoms with Gasteiger partial charge in [-0.2, -0.15) is 0 Å². The van der Waals surface area contributed by atoms with Crippen molar-refractivity contribution < 1.29 is 0 Å². The van der Waals surface area contributed by atoms with Crippen molar-refractivity contribution in [3.63, 3.8) is 0 Å². The molecule has 1 heterocycles. The zero-order valence-corrected chi connectivity index (χ0v) is 9.38. The Hall–Kier alpha value is -0.530. The van der Waals surface area contributed by atoms with Crippen LogP contribution in [0.2, 0.25) is 0 Å². The summed E-state index contributed by atoms with van der Waals surface area (Å²) < 4.78 is 0. The van der Waals surface area contributed by atoms with Crippen LogP contribution in [0, 0.1) is 11.8 Å². The summed E-state index contributed by atoms with van der Waals surface area (Å²) in [5.41, 5.74) is 0. The van der Waals surface area contributed by atoms with Gasteiger partial charge in [0.2, 0.25) is 0 Å². The summed E-state index contributed by atoms with van der Waals surface area (Å²) in [7, 11) is 0. The lowest BCUT2D eigenvalue weighted by Crippen LogP contribution is -2.40. The summed E-state index contributed by atoms with van der Waals surface area (Å²) >= 11 is 0. The summed E-state index contributed by atoms with van der Waals surface area (Å²) in [4.78, 5) is 7.06. The second kappa shape index (κ2) is 4.64. The third kappa shape index (κ3) is 3.02. The first-order chi connectivity index (χ1) is 6.11. The SMILES string of the molecule is CC(C)CN1CCCN=C1C(C)C. The molecule has 0 aromatic carbocycles. The molecular formula is C11H22N2. The number of nitrogens with zero attached hydrogens (tertiary/aromatic N) is 2. The molecule has 0 aliphatic carbocycles. The van der Waals surface area contributed by atoms with Crippen LogP contribution >= 0.6 is 0 Å². The zero-order chi connectivity index (χ0) is 9.84. The fourth-order valence-electron chi connectivity index (χ4n) is 1.84. The Morgan fingerprint density at radius 1 is 1.31 bits per heavy atom. The Bertz CT molecular complexity index is 183. The van der Waals surface area contributed by atoms with Crippen LogP contribution in [-0.4, -0.2) is 30.4 Å². The van der Waals surface area contributed by atoms with Gasteiger partial charge >= 0.3 is 0 Å². The quantitative estimate of drug-likeness (QED) is 0.654. The first-order valence-electron chi connectivity index (χ1n) is 5.40. The third-order valence-corrected chi connectivity index (χ3v) is 2.29. The molecule has 0 saturated carbocycles. The van der Waals surface area contributed by atoms with E-state index in [1.165, 1.54) is 18.8 Å². The minimum absolute atomic E-state index is 0.582. The van der Waals surface area contributed by atoms with Crippen LogP contribution in [-0.2, 0) is 0 Å². The summed E-state index contributed by atoms with van der Waals surface area (Å²) in [5, 5.41) is 0. The maximum atomic E-state index is 4.61. The Morgan fingerprint density at radius 3 is 2.54 bits per heavy atom. The summed E-state index contributed by atoms with van der Waals surface area (Å²) in [5.74, 6) is 2.64. The number of hydrogen-bond donors (Lipinski definition) is 0. The zero-order valence-electron chi connectivity index (χ0n) is 9.38. The maximum Gasteiger partial charge on any atom is 0.101 e. The highest BCUT2D eigenvalue weighted by atomic mass is 15.2. The molecule has 0 saturated heterocycles. The van der Waals surface area contributed by atoms with Crippen LogP contribution in [0.25, 0.3) is 0 Å². The number of amidine groups is 1. The molecular weight excluding hydrogens is 160 g/mol. The lowest BCUT2D eigenvalue weighted by atomic mass is 10.1. The van der Waals surface area contributed by atoms with E-state index in [4.69, 9.17) is 0 Å². The molecule has 0 bridgehead atoms. The van der Waals surface area contributed by atoms with E-state index >= 15 is 0 Å². The molecule has 13 heavy (non-hydrogen) atoms. The van der Waals surface area contributed by atoms with Gasteiger partial charge in [0.05, 0.1) is 0 Å². The molecule has 0 unspecified atom stereocenters. The van der Waals surface area contributed by atoms with Crippen LogP contribution in [0.5, 0.6) is 0 Å². The molecule has 0 fully saturated rings. The monoisotopic (exact) mass is 182 g/mol. The van der Waals surface area contributed by atoms with Gasteiger partial charge in [0.25, 0.3) is 0 Å². The van der Waals surface area contributed by atoms with E-state index in [-0.39, 0.29) is 0 Å². The van der Waals surface area contributed by atoms with E-state index in [1.54, 1.807) is 0 Å². The van der Waals surface area contributed by atoms with E-state index in [0.717, 1.165) is 19.0 Å². The van der Waals surface area contributed by atoms with Crippen molar-refractivity contribution in [2.45, 2.75) is 34.1 Å². The summed E-state index contributed by atoms with van der Waals surface area (Å²) in [6.45, 7) is 12.4. The van der Waals surface area contributed by atoms with Crippen LogP contribution in [0.15, 0.2) is 4.99 Å². The lowest BCUT2D eigenvalue weighted by molar-refractivity contribution is 0.334. The molecule has 0 aromatic rings. The minimum atomic E-state index is 0.582. The second-order valence-electron chi connectivity index (χ2n) is 4.59. The van der Waals surface area contributed by atoms with Gasteiger partial charge in [-0.15, -0.1) is 0 Å². The number of aliphatic imine (C=N–C) groups is 1. The Morgan fingerprint density at radius 2 is 2.00 bits per heavy atom. The van der Waals surface area contributed by atoms with Crippen molar-refractivity contribution in [2.24, 2.45) is 16.8 Å². The van der Waals surface area contributed by atoms with Gasteiger partial charge < -0.3 is 4.90 Å². The predicted molar refractivity (Wildman–Crippen MR) is 58.2 cm³/mol. The smallest absolute Gasteiger partial charge is 0.101 e. The highest BCUT2D eigenvalue weighted by molar-refractivity contribution is 5.84. The third-order valence-electron chi connectivity index (χ3n) is 2.29. The first-order valence-corrected chi connectivity index (χ1v) is 5.40. The predicted octanol–water partition coefficient (Wildman–Crippen LogP) is 2.40. The highest BCUT2D eigenvalue weighted by Gasteiger charge is 2.18. The number of hydrogen-bond acceptors (Lipinski definition) is 2. The van der Waals surface area contributed by atoms with Gasteiger partial charge in [0.1, 0.15) is 5.84 Å². The minimum Gasteiger partial charge on any atom is -0.360 e. The van der Waals surface area contributed by atoms with Crippen LogP contribution in [0.3, 0.4) is 0 Å². The summed E-state index contributed by atoms with van der Waals surface area (Å²) in [6, 6.07) is 0. The summed E-state index contributed by atoms with van der Waals surface area (Å²) in [6.07, 6.45) is 1.23. The molecule has 1 aliphatic rings. The van der Waals surface area contributed by atoms with Gasteiger partial charge in [-0.3, -0.25) is 4.99 Å². The molecule has 0 radical (unpaired) electrons. The molecule has 0 amide bonds. The van der Waals surface area contributed by atoms with Crippen LogP contribution in [0.1, 0.15) is 34.1 Å². The molecule has 1 rings (SSSR count). The van der Waals surface area contributed by atoms with Gasteiger partial charge in [0, 0.05) is 25.6 Å². The molecule has 0 atom stereocenters. The molecule has 2 nitrogen and oxygen atoms in total. The number of rotatable bonds is 3. The molecule has 2 heteroatoms. The topological polar surface area (TPSA) is 15.6 Å². The Balaban J connectivity index is 2.60.